The second-order valence-corrected chi connectivity index (χ2v) is 4.09. The van der Waals surface area contributed by atoms with Crippen LogP contribution in [0.3, 0.4) is 0 Å². The van der Waals surface area contributed by atoms with E-state index in [1.165, 1.54) is 19.3 Å². The Kier molecular flexibility index (Phi) is 2.01. The van der Waals surface area contributed by atoms with Crippen molar-refractivity contribution in [3.63, 3.8) is 0 Å². The summed E-state index contributed by atoms with van der Waals surface area (Å²) in [7, 11) is 0. The van der Waals surface area contributed by atoms with E-state index in [9.17, 15) is 0 Å². The standard InChI is InChI=1S/C8H13BrO/c9-4-8-3-7(5-10-8)6-1-2-6/h6-8H,1-5H2/t7-,8+/m0/s1. The molecule has 1 saturated carbocycles. The highest BCUT2D eigenvalue weighted by Crippen LogP contribution is 2.42. The van der Waals surface area contributed by atoms with Crippen LogP contribution in [0, 0.1) is 11.8 Å². The molecule has 2 fully saturated rings. The highest BCUT2D eigenvalue weighted by molar-refractivity contribution is 9.09. The van der Waals surface area contributed by atoms with E-state index in [-0.39, 0.29) is 0 Å². The first-order chi connectivity index (χ1) is 4.90. The Balaban J connectivity index is 1.81. The van der Waals surface area contributed by atoms with Gasteiger partial charge >= 0.3 is 0 Å². The molecule has 58 valence electrons. The third kappa shape index (κ3) is 1.37. The van der Waals surface area contributed by atoms with Crippen LogP contribution in [0.1, 0.15) is 19.3 Å². The fourth-order valence-corrected chi connectivity index (χ4v) is 2.19. The molecule has 1 nitrogen and oxygen atoms in total. The highest BCUT2D eigenvalue weighted by Gasteiger charge is 2.36. The van der Waals surface area contributed by atoms with E-state index in [1.54, 1.807) is 0 Å². The summed E-state index contributed by atoms with van der Waals surface area (Å²) in [6, 6.07) is 0. The third-order valence-corrected chi connectivity index (χ3v) is 3.29. The lowest BCUT2D eigenvalue weighted by Crippen LogP contribution is -2.05. The summed E-state index contributed by atoms with van der Waals surface area (Å²) < 4.78 is 5.57. The summed E-state index contributed by atoms with van der Waals surface area (Å²) in [4.78, 5) is 0. The van der Waals surface area contributed by atoms with Crippen LogP contribution >= 0.6 is 15.9 Å². The molecule has 2 heteroatoms. The Morgan fingerprint density at radius 3 is 2.60 bits per heavy atom. The number of hydrogen-bond acceptors (Lipinski definition) is 1. The molecule has 0 radical (unpaired) electrons. The second-order valence-electron chi connectivity index (χ2n) is 3.44. The molecule has 1 saturated heterocycles. The van der Waals surface area contributed by atoms with Crippen molar-refractivity contribution in [2.24, 2.45) is 11.8 Å². The summed E-state index contributed by atoms with van der Waals surface area (Å²) >= 11 is 3.45. The second kappa shape index (κ2) is 2.82. The first kappa shape index (κ1) is 7.11. The highest BCUT2D eigenvalue weighted by atomic mass is 79.9. The number of rotatable bonds is 2. The Bertz CT molecular complexity index is 122. The van der Waals surface area contributed by atoms with Crippen LogP contribution in [0.2, 0.25) is 0 Å². The molecule has 2 atom stereocenters. The van der Waals surface area contributed by atoms with E-state index in [0.717, 1.165) is 23.8 Å². The molecule has 0 amide bonds. The van der Waals surface area contributed by atoms with Gasteiger partial charge in [0.2, 0.25) is 0 Å². The van der Waals surface area contributed by atoms with Gasteiger partial charge in [-0.25, -0.2) is 0 Å². The van der Waals surface area contributed by atoms with Crippen LogP contribution in [0.25, 0.3) is 0 Å². The molecule has 0 N–H and O–H groups in total. The molecule has 0 aromatic heterocycles. The van der Waals surface area contributed by atoms with Crippen LogP contribution in [0.5, 0.6) is 0 Å². The Hall–Kier alpha value is 0.440. The van der Waals surface area contributed by atoms with E-state index >= 15 is 0 Å². The fourth-order valence-electron chi connectivity index (χ4n) is 1.74. The SMILES string of the molecule is BrC[C@H]1C[C@H](C2CC2)CO1. The molecule has 1 aliphatic heterocycles. The van der Waals surface area contributed by atoms with Gasteiger partial charge in [-0.2, -0.15) is 0 Å². The van der Waals surface area contributed by atoms with Gasteiger partial charge in [0.25, 0.3) is 0 Å². The normalized spacial score (nSPS) is 40.5. The van der Waals surface area contributed by atoms with Crippen molar-refractivity contribution in [1.82, 2.24) is 0 Å². The average molecular weight is 205 g/mol. The molecule has 2 aliphatic rings. The molecular weight excluding hydrogens is 192 g/mol. The molecule has 0 aromatic rings. The maximum absolute atomic E-state index is 5.57. The van der Waals surface area contributed by atoms with Gasteiger partial charge in [-0.15, -0.1) is 0 Å². The zero-order valence-corrected chi connectivity index (χ0v) is 7.64. The van der Waals surface area contributed by atoms with Crippen molar-refractivity contribution >= 4 is 15.9 Å². The van der Waals surface area contributed by atoms with Gasteiger partial charge in [-0.1, -0.05) is 15.9 Å². The molecule has 1 aliphatic carbocycles. The summed E-state index contributed by atoms with van der Waals surface area (Å²) in [6.45, 7) is 1.03. The predicted octanol–water partition coefficient (Wildman–Crippen LogP) is 2.20. The Labute approximate surface area is 70.3 Å². The van der Waals surface area contributed by atoms with Gasteiger partial charge in [0.05, 0.1) is 12.7 Å². The van der Waals surface area contributed by atoms with Crippen molar-refractivity contribution in [2.45, 2.75) is 25.4 Å². The van der Waals surface area contributed by atoms with Gasteiger partial charge in [0, 0.05) is 5.33 Å². The van der Waals surface area contributed by atoms with Crippen LogP contribution in [0.4, 0.5) is 0 Å². The Morgan fingerprint density at radius 1 is 1.30 bits per heavy atom. The molecule has 0 unspecified atom stereocenters. The lowest BCUT2D eigenvalue weighted by atomic mass is 10.0. The van der Waals surface area contributed by atoms with E-state index in [1.807, 2.05) is 0 Å². The summed E-state index contributed by atoms with van der Waals surface area (Å²) in [5.74, 6) is 1.94. The van der Waals surface area contributed by atoms with Crippen molar-refractivity contribution in [3.8, 4) is 0 Å². The number of halogens is 1. The summed E-state index contributed by atoms with van der Waals surface area (Å²) in [6.07, 6.45) is 4.74. The molecule has 0 aromatic carbocycles. The van der Waals surface area contributed by atoms with Gasteiger partial charge in [-0.3, -0.25) is 0 Å². The van der Waals surface area contributed by atoms with Crippen molar-refractivity contribution in [2.75, 3.05) is 11.9 Å². The van der Waals surface area contributed by atoms with Crippen LogP contribution in [-0.2, 0) is 4.74 Å². The van der Waals surface area contributed by atoms with E-state index in [0.29, 0.717) is 6.10 Å². The van der Waals surface area contributed by atoms with Crippen LogP contribution in [0.15, 0.2) is 0 Å². The van der Waals surface area contributed by atoms with Crippen molar-refractivity contribution < 1.29 is 4.74 Å². The molecule has 0 spiro atoms. The van der Waals surface area contributed by atoms with Crippen molar-refractivity contribution in [3.05, 3.63) is 0 Å². The maximum atomic E-state index is 5.57. The minimum Gasteiger partial charge on any atom is -0.377 e. The topological polar surface area (TPSA) is 9.23 Å². The summed E-state index contributed by atoms with van der Waals surface area (Å²) in [5, 5.41) is 1.02. The van der Waals surface area contributed by atoms with E-state index in [4.69, 9.17) is 4.74 Å². The monoisotopic (exact) mass is 204 g/mol. The zero-order valence-electron chi connectivity index (χ0n) is 6.05. The smallest absolute Gasteiger partial charge is 0.0675 e. The maximum Gasteiger partial charge on any atom is 0.0675 e. The molecule has 0 bridgehead atoms. The average Bonchev–Trinajstić information content (AvgIpc) is 2.70. The first-order valence-corrected chi connectivity index (χ1v) is 5.20. The minimum atomic E-state index is 0.519. The lowest BCUT2D eigenvalue weighted by molar-refractivity contribution is 0.122. The number of ether oxygens (including phenoxy) is 1. The largest absolute Gasteiger partial charge is 0.377 e. The van der Waals surface area contributed by atoms with Gasteiger partial charge in [-0.05, 0) is 31.1 Å². The van der Waals surface area contributed by atoms with E-state index < -0.39 is 0 Å². The number of hydrogen-bond donors (Lipinski definition) is 0. The lowest BCUT2D eigenvalue weighted by Gasteiger charge is -2.03. The molecule has 1 heterocycles. The van der Waals surface area contributed by atoms with Crippen LogP contribution < -0.4 is 0 Å². The summed E-state index contributed by atoms with van der Waals surface area (Å²) in [5.41, 5.74) is 0. The molecular formula is C8H13BrO. The van der Waals surface area contributed by atoms with Crippen LogP contribution in [-0.4, -0.2) is 18.0 Å². The van der Waals surface area contributed by atoms with Gasteiger partial charge < -0.3 is 4.74 Å². The third-order valence-electron chi connectivity index (χ3n) is 2.57. The first-order valence-electron chi connectivity index (χ1n) is 4.07. The minimum absolute atomic E-state index is 0.519. The van der Waals surface area contributed by atoms with Gasteiger partial charge in [0.15, 0.2) is 0 Å². The molecule has 2 rings (SSSR count). The van der Waals surface area contributed by atoms with Gasteiger partial charge in [0.1, 0.15) is 0 Å². The predicted molar refractivity (Wildman–Crippen MR) is 44.4 cm³/mol. The van der Waals surface area contributed by atoms with Crippen molar-refractivity contribution in [1.29, 1.82) is 0 Å². The van der Waals surface area contributed by atoms with E-state index in [2.05, 4.69) is 15.9 Å². The Morgan fingerprint density at radius 2 is 2.10 bits per heavy atom. The molecule has 10 heavy (non-hydrogen) atoms. The number of alkyl halides is 1. The fraction of sp³-hybridized carbons (Fsp3) is 1.00. The zero-order chi connectivity index (χ0) is 6.97. The quantitative estimate of drug-likeness (QED) is 0.628.